The first-order valence-corrected chi connectivity index (χ1v) is 6.40. The minimum atomic E-state index is -0.891. The van der Waals surface area contributed by atoms with Crippen LogP contribution in [0.5, 0.6) is 0 Å². The van der Waals surface area contributed by atoms with Gasteiger partial charge in [0.1, 0.15) is 6.04 Å². The second kappa shape index (κ2) is 5.42. The van der Waals surface area contributed by atoms with E-state index >= 15 is 0 Å². The van der Waals surface area contributed by atoms with Gasteiger partial charge < -0.3 is 5.11 Å². The first-order valence-electron chi connectivity index (χ1n) is 6.40. The molecule has 2 unspecified atom stereocenters. The van der Waals surface area contributed by atoms with Gasteiger partial charge in [0.25, 0.3) is 0 Å². The van der Waals surface area contributed by atoms with Crippen molar-refractivity contribution in [1.82, 2.24) is 16.4 Å². The molecular weight excluding hydrogens is 254 g/mol. The molecule has 1 heterocycles. The fraction of sp³-hybridized carbons (Fsp3) is 0.133. The zero-order valence-corrected chi connectivity index (χ0v) is 10.7. The molecule has 0 saturated carbocycles. The highest BCUT2D eigenvalue weighted by molar-refractivity contribution is 5.75. The summed E-state index contributed by atoms with van der Waals surface area (Å²) in [5, 5.41) is 9.19. The number of carbonyl (C=O) groups is 1. The molecule has 1 aliphatic heterocycles. The van der Waals surface area contributed by atoms with Crippen LogP contribution in [0.2, 0.25) is 0 Å². The minimum absolute atomic E-state index is 0.309. The summed E-state index contributed by atoms with van der Waals surface area (Å²) in [6, 6.07) is 16.9. The van der Waals surface area contributed by atoms with Crippen molar-refractivity contribution in [1.29, 1.82) is 0 Å². The molecule has 0 spiro atoms. The van der Waals surface area contributed by atoms with Gasteiger partial charge in [-0.05, 0) is 22.8 Å². The van der Waals surface area contributed by atoms with E-state index in [9.17, 15) is 9.90 Å². The Morgan fingerprint density at radius 1 is 0.950 bits per heavy atom. The lowest BCUT2D eigenvalue weighted by Gasteiger charge is -2.15. The van der Waals surface area contributed by atoms with Crippen LogP contribution < -0.4 is 16.4 Å². The van der Waals surface area contributed by atoms with Crippen molar-refractivity contribution in [2.75, 3.05) is 0 Å². The van der Waals surface area contributed by atoms with E-state index < -0.39 is 12.0 Å². The number of hydrogen-bond donors (Lipinski definition) is 4. The zero-order chi connectivity index (χ0) is 13.9. The minimum Gasteiger partial charge on any atom is -0.480 e. The van der Waals surface area contributed by atoms with E-state index in [1.165, 1.54) is 0 Å². The van der Waals surface area contributed by atoms with Gasteiger partial charge in [0.2, 0.25) is 0 Å². The Kier molecular flexibility index (Phi) is 3.47. The summed E-state index contributed by atoms with van der Waals surface area (Å²) < 4.78 is 0. The van der Waals surface area contributed by atoms with Gasteiger partial charge in [0, 0.05) is 0 Å². The SMILES string of the molecule is O=C(O)C1NNNC1c1cccc(-c2ccccc2)c1. The van der Waals surface area contributed by atoms with Crippen molar-refractivity contribution >= 4 is 5.97 Å². The average molecular weight is 269 g/mol. The number of rotatable bonds is 3. The second-order valence-corrected chi connectivity index (χ2v) is 4.70. The summed E-state index contributed by atoms with van der Waals surface area (Å²) >= 11 is 0. The summed E-state index contributed by atoms with van der Waals surface area (Å²) in [6.45, 7) is 0. The molecule has 2 aromatic rings. The van der Waals surface area contributed by atoms with Gasteiger partial charge in [0.05, 0.1) is 6.04 Å². The fourth-order valence-electron chi connectivity index (χ4n) is 2.39. The summed E-state index contributed by atoms with van der Waals surface area (Å²) in [7, 11) is 0. The molecular formula is C15H15N3O2. The highest BCUT2D eigenvalue weighted by Crippen LogP contribution is 2.25. The monoisotopic (exact) mass is 269 g/mol. The summed E-state index contributed by atoms with van der Waals surface area (Å²) in [6.07, 6.45) is 0. The Bertz CT molecular complexity index is 616. The van der Waals surface area contributed by atoms with E-state index in [2.05, 4.69) is 16.4 Å². The van der Waals surface area contributed by atoms with Crippen LogP contribution in [0.4, 0.5) is 0 Å². The molecule has 0 amide bonds. The van der Waals surface area contributed by atoms with Crippen LogP contribution >= 0.6 is 0 Å². The number of hydrazine groups is 2. The van der Waals surface area contributed by atoms with Crippen LogP contribution in [0.3, 0.4) is 0 Å². The van der Waals surface area contributed by atoms with Gasteiger partial charge in [0.15, 0.2) is 0 Å². The molecule has 1 saturated heterocycles. The first kappa shape index (κ1) is 12.8. The molecule has 1 aliphatic rings. The van der Waals surface area contributed by atoms with Crippen LogP contribution in [0.15, 0.2) is 54.6 Å². The Morgan fingerprint density at radius 2 is 1.70 bits per heavy atom. The zero-order valence-electron chi connectivity index (χ0n) is 10.7. The summed E-state index contributed by atoms with van der Waals surface area (Å²) in [5.41, 5.74) is 11.4. The van der Waals surface area contributed by atoms with Crippen LogP contribution in [-0.2, 0) is 4.79 Å². The number of nitrogens with one attached hydrogen (secondary N) is 3. The van der Waals surface area contributed by atoms with Crippen molar-refractivity contribution in [3.8, 4) is 11.1 Å². The molecule has 0 radical (unpaired) electrons. The third kappa shape index (κ3) is 2.42. The normalized spacial score (nSPS) is 21.8. The Balaban J connectivity index is 1.94. The maximum Gasteiger partial charge on any atom is 0.324 e. The van der Waals surface area contributed by atoms with E-state index in [1.807, 2.05) is 54.6 Å². The molecule has 1 fully saturated rings. The Labute approximate surface area is 116 Å². The second-order valence-electron chi connectivity index (χ2n) is 4.70. The van der Waals surface area contributed by atoms with Crippen LogP contribution in [-0.4, -0.2) is 17.1 Å². The van der Waals surface area contributed by atoms with Crippen molar-refractivity contribution in [3.05, 3.63) is 60.2 Å². The molecule has 0 aromatic heterocycles. The largest absolute Gasteiger partial charge is 0.480 e. The Morgan fingerprint density at radius 3 is 2.45 bits per heavy atom. The molecule has 2 atom stereocenters. The number of hydrogen-bond acceptors (Lipinski definition) is 4. The first-order chi connectivity index (χ1) is 9.75. The maximum atomic E-state index is 11.2. The molecule has 2 aromatic carbocycles. The average Bonchev–Trinajstić information content (AvgIpc) is 2.98. The van der Waals surface area contributed by atoms with Gasteiger partial charge in [-0.1, -0.05) is 48.5 Å². The Hall–Kier alpha value is -2.21. The molecule has 3 rings (SSSR count). The molecule has 5 heteroatoms. The molecule has 20 heavy (non-hydrogen) atoms. The molecule has 102 valence electrons. The van der Waals surface area contributed by atoms with Crippen LogP contribution in [0.1, 0.15) is 11.6 Å². The van der Waals surface area contributed by atoms with Crippen molar-refractivity contribution in [2.24, 2.45) is 0 Å². The summed E-state index contributed by atoms with van der Waals surface area (Å²) in [4.78, 5) is 11.2. The van der Waals surface area contributed by atoms with E-state index in [4.69, 9.17) is 0 Å². The topological polar surface area (TPSA) is 73.4 Å². The van der Waals surface area contributed by atoms with Gasteiger partial charge in [-0.25, -0.2) is 10.9 Å². The van der Waals surface area contributed by atoms with Crippen LogP contribution in [0.25, 0.3) is 11.1 Å². The quantitative estimate of drug-likeness (QED) is 0.679. The smallest absolute Gasteiger partial charge is 0.324 e. The third-order valence-electron chi connectivity index (χ3n) is 3.41. The van der Waals surface area contributed by atoms with Gasteiger partial charge in [-0.3, -0.25) is 4.79 Å². The van der Waals surface area contributed by atoms with Gasteiger partial charge in [-0.15, -0.1) is 0 Å². The van der Waals surface area contributed by atoms with E-state index in [0.29, 0.717) is 0 Å². The van der Waals surface area contributed by atoms with Crippen molar-refractivity contribution in [2.45, 2.75) is 12.1 Å². The molecule has 0 aliphatic carbocycles. The lowest BCUT2D eigenvalue weighted by atomic mass is 9.96. The number of benzene rings is 2. The van der Waals surface area contributed by atoms with Crippen molar-refractivity contribution in [3.63, 3.8) is 0 Å². The number of carboxylic acid groups (broad SMARTS) is 1. The van der Waals surface area contributed by atoms with Gasteiger partial charge in [-0.2, -0.15) is 5.53 Å². The molecule has 4 N–H and O–H groups in total. The lowest BCUT2D eigenvalue weighted by Crippen LogP contribution is -2.38. The van der Waals surface area contributed by atoms with Crippen molar-refractivity contribution < 1.29 is 9.90 Å². The fourth-order valence-corrected chi connectivity index (χ4v) is 2.39. The highest BCUT2D eigenvalue weighted by atomic mass is 16.4. The highest BCUT2D eigenvalue weighted by Gasteiger charge is 2.33. The van der Waals surface area contributed by atoms with E-state index in [0.717, 1.165) is 16.7 Å². The number of aliphatic carboxylic acids is 1. The number of carboxylic acids is 1. The third-order valence-corrected chi connectivity index (χ3v) is 3.41. The van der Waals surface area contributed by atoms with E-state index in [-0.39, 0.29) is 6.04 Å². The molecule has 5 nitrogen and oxygen atoms in total. The maximum absolute atomic E-state index is 11.2. The predicted molar refractivity (Wildman–Crippen MR) is 75.4 cm³/mol. The van der Waals surface area contributed by atoms with E-state index in [1.54, 1.807) is 0 Å². The van der Waals surface area contributed by atoms with Crippen LogP contribution in [0, 0.1) is 0 Å². The summed E-state index contributed by atoms with van der Waals surface area (Å²) in [5.74, 6) is -0.891. The van der Waals surface area contributed by atoms with Gasteiger partial charge >= 0.3 is 5.97 Å². The predicted octanol–water partition coefficient (Wildman–Crippen LogP) is 1.46. The standard InChI is InChI=1S/C15H15N3O2/c19-15(20)14-13(16-18-17-14)12-8-4-7-11(9-12)10-5-2-1-3-6-10/h1-9,13-14,16-18H,(H,19,20). The lowest BCUT2D eigenvalue weighted by molar-refractivity contribution is -0.139. The molecule has 0 bridgehead atoms.